The highest BCUT2D eigenvalue weighted by Gasteiger charge is 2.21. The summed E-state index contributed by atoms with van der Waals surface area (Å²) in [4.78, 5) is 21.8. The third-order valence-electron chi connectivity index (χ3n) is 4.36. The lowest BCUT2D eigenvalue weighted by Crippen LogP contribution is -2.36. The van der Waals surface area contributed by atoms with Crippen molar-refractivity contribution in [2.24, 2.45) is 0 Å². The molecule has 144 valence electrons. The molecule has 3 aromatic rings. The summed E-state index contributed by atoms with van der Waals surface area (Å²) < 4.78 is 1.13. The van der Waals surface area contributed by atoms with Crippen LogP contribution < -0.4 is 4.90 Å². The number of nitrogens with zero attached hydrogens (tertiary/aromatic N) is 3. The molecule has 0 aliphatic heterocycles. The smallest absolute Gasteiger partial charge is 0.260 e. The van der Waals surface area contributed by atoms with Gasteiger partial charge in [-0.05, 0) is 57.3 Å². The number of thiazole rings is 1. The molecule has 3 rings (SSSR count). The van der Waals surface area contributed by atoms with Gasteiger partial charge in [-0.15, -0.1) is 12.4 Å². The predicted molar refractivity (Wildman–Crippen MR) is 118 cm³/mol. The Bertz CT molecular complexity index is 923. The van der Waals surface area contributed by atoms with Gasteiger partial charge in [0.15, 0.2) is 5.13 Å². The number of halogens is 1. The fourth-order valence-corrected chi connectivity index (χ4v) is 3.86. The lowest BCUT2D eigenvalue weighted by atomic mass is 10.1. The Morgan fingerprint density at radius 2 is 1.89 bits per heavy atom. The van der Waals surface area contributed by atoms with Crippen LogP contribution in [-0.2, 0) is 6.42 Å². The van der Waals surface area contributed by atoms with Crippen LogP contribution in [0, 0.1) is 6.92 Å². The monoisotopic (exact) mass is 403 g/mol. The summed E-state index contributed by atoms with van der Waals surface area (Å²) in [5, 5.41) is 0.765. The van der Waals surface area contributed by atoms with Gasteiger partial charge in [0, 0.05) is 18.7 Å². The minimum atomic E-state index is 0. The van der Waals surface area contributed by atoms with Gasteiger partial charge in [0.25, 0.3) is 5.91 Å². The van der Waals surface area contributed by atoms with Crippen molar-refractivity contribution in [2.45, 2.75) is 20.3 Å². The molecule has 0 bridgehead atoms. The van der Waals surface area contributed by atoms with Crippen molar-refractivity contribution in [1.82, 2.24) is 9.88 Å². The molecule has 0 saturated heterocycles. The van der Waals surface area contributed by atoms with E-state index in [1.807, 2.05) is 50.2 Å². The van der Waals surface area contributed by atoms with Crippen LogP contribution in [0.25, 0.3) is 10.2 Å². The normalized spacial score (nSPS) is 10.9. The highest BCUT2D eigenvalue weighted by Crippen LogP contribution is 2.30. The van der Waals surface area contributed by atoms with Crippen molar-refractivity contribution in [2.75, 3.05) is 32.1 Å². The Kier molecular flexibility index (Phi) is 7.36. The molecule has 0 radical (unpaired) electrons. The average Bonchev–Trinajstić information content (AvgIpc) is 3.04. The first-order valence-corrected chi connectivity index (χ1v) is 9.72. The Morgan fingerprint density at radius 1 is 1.11 bits per heavy atom. The van der Waals surface area contributed by atoms with E-state index in [1.165, 1.54) is 5.56 Å². The largest absolute Gasteiger partial charge is 0.308 e. The van der Waals surface area contributed by atoms with Crippen molar-refractivity contribution in [3.8, 4) is 0 Å². The number of aryl methyl sites for hydroxylation is 2. The molecule has 0 aliphatic carbocycles. The van der Waals surface area contributed by atoms with Crippen LogP contribution in [0.2, 0.25) is 0 Å². The summed E-state index contributed by atoms with van der Waals surface area (Å²) in [7, 11) is 4.03. The summed E-state index contributed by atoms with van der Waals surface area (Å²) in [6.45, 7) is 5.55. The van der Waals surface area contributed by atoms with E-state index in [9.17, 15) is 4.79 Å². The Hall–Kier alpha value is -1.95. The molecule has 0 spiro atoms. The summed E-state index contributed by atoms with van der Waals surface area (Å²) in [5.74, 6) is 0.00493. The van der Waals surface area contributed by atoms with Crippen LogP contribution in [-0.4, -0.2) is 43.0 Å². The summed E-state index contributed by atoms with van der Waals surface area (Å²) in [6, 6.07) is 14.1. The van der Waals surface area contributed by atoms with Crippen LogP contribution in [0.1, 0.15) is 28.4 Å². The van der Waals surface area contributed by atoms with E-state index in [-0.39, 0.29) is 18.3 Å². The van der Waals surface area contributed by atoms with Crippen LogP contribution >= 0.6 is 23.7 Å². The van der Waals surface area contributed by atoms with Gasteiger partial charge in [-0.3, -0.25) is 9.69 Å². The number of fused-ring (bicyclic) bond motifs is 1. The topological polar surface area (TPSA) is 36.4 Å². The highest BCUT2D eigenvalue weighted by atomic mass is 35.5. The number of carbonyl (C=O) groups is 1. The number of carbonyl (C=O) groups excluding carboxylic acids is 1. The van der Waals surface area contributed by atoms with E-state index in [2.05, 4.69) is 30.0 Å². The number of aromatic nitrogens is 1. The number of benzene rings is 2. The van der Waals surface area contributed by atoms with Crippen molar-refractivity contribution in [3.05, 3.63) is 59.2 Å². The molecular formula is C21H26ClN3OS. The first kappa shape index (κ1) is 21.4. The molecule has 2 aromatic carbocycles. The Morgan fingerprint density at radius 3 is 2.56 bits per heavy atom. The molecule has 6 heteroatoms. The third kappa shape index (κ3) is 5.06. The minimum Gasteiger partial charge on any atom is -0.308 e. The van der Waals surface area contributed by atoms with E-state index in [1.54, 1.807) is 11.3 Å². The molecule has 1 aromatic heterocycles. The summed E-state index contributed by atoms with van der Waals surface area (Å²) in [6.07, 6.45) is 0.996. The van der Waals surface area contributed by atoms with Crippen molar-refractivity contribution >= 4 is 45.0 Å². The zero-order valence-corrected chi connectivity index (χ0v) is 17.9. The second kappa shape index (κ2) is 9.31. The molecule has 0 N–H and O–H groups in total. The molecule has 0 fully saturated rings. The van der Waals surface area contributed by atoms with Gasteiger partial charge in [0.2, 0.25) is 0 Å². The van der Waals surface area contributed by atoms with Crippen molar-refractivity contribution in [3.63, 3.8) is 0 Å². The predicted octanol–water partition coefficient (Wildman–Crippen LogP) is 4.80. The molecule has 0 aliphatic rings. The quantitative estimate of drug-likeness (QED) is 0.593. The second-order valence-corrected chi connectivity index (χ2v) is 7.79. The lowest BCUT2D eigenvalue weighted by molar-refractivity contribution is 0.0985. The van der Waals surface area contributed by atoms with E-state index in [0.29, 0.717) is 12.1 Å². The standard InChI is InChI=1S/C21H25N3OS.ClH/c1-5-16-9-10-18-19(14-16)26-21(22-18)24(12-11-23(3)4)20(25)17-8-6-7-15(2)13-17;/h6-10,13-14H,5,11-12H2,1-4H3;1H. The molecule has 4 nitrogen and oxygen atoms in total. The van der Waals surface area contributed by atoms with Crippen LogP contribution in [0.3, 0.4) is 0 Å². The molecule has 0 atom stereocenters. The number of anilines is 1. The van der Waals surface area contributed by atoms with Crippen LogP contribution in [0.4, 0.5) is 5.13 Å². The fraction of sp³-hybridized carbons (Fsp3) is 0.333. The summed E-state index contributed by atoms with van der Waals surface area (Å²) in [5.41, 5.74) is 4.03. The SMILES string of the molecule is CCc1ccc2nc(N(CCN(C)C)C(=O)c3cccc(C)c3)sc2c1.Cl. The van der Waals surface area contributed by atoms with Crippen LogP contribution in [0.5, 0.6) is 0 Å². The zero-order valence-electron chi connectivity index (χ0n) is 16.2. The zero-order chi connectivity index (χ0) is 18.7. The third-order valence-corrected chi connectivity index (χ3v) is 5.40. The Labute approximate surface area is 171 Å². The maximum atomic E-state index is 13.2. The molecule has 27 heavy (non-hydrogen) atoms. The minimum absolute atomic E-state index is 0. The second-order valence-electron chi connectivity index (χ2n) is 6.78. The molecule has 0 saturated carbocycles. The lowest BCUT2D eigenvalue weighted by Gasteiger charge is -2.22. The van der Waals surface area contributed by atoms with Crippen molar-refractivity contribution in [1.29, 1.82) is 0 Å². The van der Waals surface area contributed by atoms with Crippen LogP contribution in [0.15, 0.2) is 42.5 Å². The van der Waals surface area contributed by atoms with Gasteiger partial charge in [0.1, 0.15) is 0 Å². The number of amides is 1. The summed E-state index contributed by atoms with van der Waals surface area (Å²) >= 11 is 1.59. The van der Waals surface area contributed by atoms with E-state index in [0.717, 1.165) is 33.9 Å². The van der Waals surface area contributed by atoms with Gasteiger partial charge >= 0.3 is 0 Å². The van der Waals surface area contributed by atoms with Crippen molar-refractivity contribution < 1.29 is 4.79 Å². The fourth-order valence-electron chi connectivity index (χ4n) is 2.81. The first-order valence-electron chi connectivity index (χ1n) is 8.90. The maximum Gasteiger partial charge on any atom is 0.260 e. The van der Waals surface area contributed by atoms with Gasteiger partial charge in [-0.2, -0.15) is 0 Å². The molecule has 1 heterocycles. The molecule has 1 amide bonds. The molecule has 0 unspecified atom stereocenters. The van der Waals surface area contributed by atoms with E-state index in [4.69, 9.17) is 4.98 Å². The number of hydrogen-bond donors (Lipinski definition) is 0. The van der Waals surface area contributed by atoms with Gasteiger partial charge < -0.3 is 4.90 Å². The van der Waals surface area contributed by atoms with Gasteiger partial charge in [-0.1, -0.05) is 42.0 Å². The van der Waals surface area contributed by atoms with Gasteiger partial charge in [-0.25, -0.2) is 4.98 Å². The number of rotatable bonds is 6. The van der Waals surface area contributed by atoms with Gasteiger partial charge in [0.05, 0.1) is 10.2 Å². The van der Waals surface area contributed by atoms with E-state index < -0.39 is 0 Å². The molecular weight excluding hydrogens is 378 g/mol. The average molecular weight is 404 g/mol. The first-order chi connectivity index (χ1) is 12.5. The number of likely N-dealkylation sites (N-methyl/N-ethyl adjacent to an activating group) is 1. The maximum absolute atomic E-state index is 13.2. The highest BCUT2D eigenvalue weighted by molar-refractivity contribution is 7.22. The number of hydrogen-bond acceptors (Lipinski definition) is 4. The van der Waals surface area contributed by atoms with E-state index >= 15 is 0 Å². The Balaban J connectivity index is 0.00000261.